The zero-order chi connectivity index (χ0) is 11.3. The van der Waals surface area contributed by atoms with Gasteiger partial charge in [0.05, 0.1) is 0 Å². The Morgan fingerprint density at radius 3 is 2.67 bits per heavy atom. The number of hydrogen-bond acceptors (Lipinski definition) is 2. The van der Waals surface area contributed by atoms with Crippen LogP contribution in [0.5, 0.6) is 5.75 Å². The molecule has 1 aromatic carbocycles. The summed E-state index contributed by atoms with van der Waals surface area (Å²) < 4.78 is 0. The molecule has 2 nitrogen and oxygen atoms in total. The maximum Gasteiger partial charge on any atom is 0.118 e. The van der Waals surface area contributed by atoms with Crippen LogP contribution in [-0.2, 0) is 0 Å². The third-order valence-corrected chi connectivity index (χ3v) is 2.77. The number of rotatable bonds is 5. The van der Waals surface area contributed by atoms with Gasteiger partial charge in [0, 0.05) is 6.04 Å². The van der Waals surface area contributed by atoms with Crippen molar-refractivity contribution in [3.63, 3.8) is 0 Å². The molecule has 0 aliphatic heterocycles. The van der Waals surface area contributed by atoms with Crippen LogP contribution in [0.4, 0.5) is 0 Å². The topological polar surface area (TPSA) is 46.2 Å². The van der Waals surface area contributed by atoms with E-state index >= 15 is 0 Å². The molecule has 84 valence electrons. The smallest absolute Gasteiger partial charge is 0.118 e. The van der Waals surface area contributed by atoms with E-state index in [0.29, 0.717) is 5.75 Å². The van der Waals surface area contributed by atoms with E-state index in [9.17, 15) is 5.11 Å². The number of aryl methyl sites for hydroxylation is 1. The van der Waals surface area contributed by atoms with Crippen molar-refractivity contribution in [1.82, 2.24) is 0 Å². The molecule has 1 atom stereocenters. The van der Waals surface area contributed by atoms with Gasteiger partial charge in [-0.15, -0.1) is 0 Å². The van der Waals surface area contributed by atoms with Crippen molar-refractivity contribution in [2.45, 2.75) is 45.6 Å². The van der Waals surface area contributed by atoms with Gasteiger partial charge in [-0.25, -0.2) is 0 Å². The van der Waals surface area contributed by atoms with Crippen molar-refractivity contribution >= 4 is 0 Å². The summed E-state index contributed by atoms with van der Waals surface area (Å²) >= 11 is 0. The minimum Gasteiger partial charge on any atom is -0.508 e. The number of nitrogens with two attached hydrogens (primary N) is 1. The van der Waals surface area contributed by atoms with Crippen molar-refractivity contribution in [2.24, 2.45) is 5.73 Å². The summed E-state index contributed by atoms with van der Waals surface area (Å²) in [5.41, 5.74) is 8.10. The molecule has 0 radical (unpaired) electrons. The number of unbranched alkanes of at least 4 members (excludes halogenated alkanes) is 2. The van der Waals surface area contributed by atoms with Gasteiger partial charge >= 0.3 is 0 Å². The first kappa shape index (κ1) is 12.1. The van der Waals surface area contributed by atoms with E-state index in [4.69, 9.17) is 5.73 Å². The molecular weight excluding hydrogens is 186 g/mol. The summed E-state index contributed by atoms with van der Waals surface area (Å²) in [6.07, 6.45) is 4.67. The summed E-state index contributed by atoms with van der Waals surface area (Å²) in [6, 6.07) is 5.73. The molecule has 0 saturated heterocycles. The second-order valence-corrected chi connectivity index (χ2v) is 4.15. The van der Waals surface area contributed by atoms with Crippen LogP contribution in [0.25, 0.3) is 0 Å². The SMILES string of the molecule is CCCCC[C@@H](N)c1ccc(O)c(C)c1. The summed E-state index contributed by atoms with van der Waals surface area (Å²) in [5, 5.41) is 9.40. The molecule has 0 saturated carbocycles. The lowest BCUT2D eigenvalue weighted by atomic mass is 9.99. The molecule has 0 aliphatic carbocycles. The van der Waals surface area contributed by atoms with E-state index in [1.54, 1.807) is 6.07 Å². The minimum absolute atomic E-state index is 0.107. The first-order valence-corrected chi connectivity index (χ1v) is 5.70. The third-order valence-electron chi connectivity index (χ3n) is 2.77. The van der Waals surface area contributed by atoms with Gasteiger partial charge in [-0.3, -0.25) is 0 Å². The van der Waals surface area contributed by atoms with Crippen molar-refractivity contribution in [1.29, 1.82) is 0 Å². The highest BCUT2D eigenvalue weighted by molar-refractivity contribution is 5.36. The highest BCUT2D eigenvalue weighted by Crippen LogP contribution is 2.23. The zero-order valence-corrected chi connectivity index (χ0v) is 9.66. The highest BCUT2D eigenvalue weighted by atomic mass is 16.3. The average Bonchev–Trinajstić information content (AvgIpc) is 2.22. The Labute approximate surface area is 92.1 Å². The standard InChI is InChI=1S/C13H21NO/c1-3-4-5-6-12(14)11-7-8-13(15)10(2)9-11/h7-9,12,15H,3-6,14H2,1-2H3/t12-/m1/s1. The van der Waals surface area contributed by atoms with Crippen LogP contribution < -0.4 is 5.73 Å². The number of hydrogen-bond donors (Lipinski definition) is 2. The normalized spacial score (nSPS) is 12.7. The monoisotopic (exact) mass is 207 g/mol. The second-order valence-electron chi connectivity index (χ2n) is 4.15. The van der Waals surface area contributed by atoms with Crippen LogP contribution >= 0.6 is 0 Å². The Balaban J connectivity index is 2.57. The van der Waals surface area contributed by atoms with Gasteiger partial charge in [0.25, 0.3) is 0 Å². The van der Waals surface area contributed by atoms with Crippen LogP contribution in [0.3, 0.4) is 0 Å². The predicted molar refractivity (Wildman–Crippen MR) is 63.9 cm³/mol. The molecular formula is C13H21NO. The van der Waals surface area contributed by atoms with E-state index in [-0.39, 0.29) is 6.04 Å². The molecule has 0 unspecified atom stereocenters. The molecule has 15 heavy (non-hydrogen) atoms. The lowest BCUT2D eigenvalue weighted by molar-refractivity contribution is 0.470. The first-order valence-electron chi connectivity index (χ1n) is 5.70. The summed E-state index contributed by atoms with van der Waals surface area (Å²) in [5.74, 6) is 0.347. The molecule has 0 fully saturated rings. The second kappa shape index (κ2) is 5.76. The highest BCUT2D eigenvalue weighted by Gasteiger charge is 2.06. The Kier molecular flexibility index (Phi) is 4.63. The third kappa shape index (κ3) is 3.56. The summed E-state index contributed by atoms with van der Waals surface area (Å²) in [7, 11) is 0. The van der Waals surface area contributed by atoms with Crippen molar-refractivity contribution in [3.05, 3.63) is 29.3 Å². The molecule has 0 aromatic heterocycles. The van der Waals surface area contributed by atoms with Crippen molar-refractivity contribution in [2.75, 3.05) is 0 Å². The molecule has 1 aromatic rings. The number of phenolic OH excluding ortho intramolecular Hbond substituents is 1. The number of benzene rings is 1. The van der Waals surface area contributed by atoms with Gasteiger partial charge in [-0.2, -0.15) is 0 Å². The van der Waals surface area contributed by atoms with Gasteiger partial charge in [0.1, 0.15) is 5.75 Å². The van der Waals surface area contributed by atoms with Gasteiger partial charge in [0.15, 0.2) is 0 Å². The average molecular weight is 207 g/mol. The van der Waals surface area contributed by atoms with E-state index in [2.05, 4.69) is 6.92 Å². The lowest BCUT2D eigenvalue weighted by Crippen LogP contribution is -2.10. The van der Waals surface area contributed by atoms with Gasteiger partial charge in [-0.05, 0) is 30.5 Å². The molecule has 0 bridgehead atoms. The Bertz CT molecular complexity index is 309. The zero-order valence-electron chi connectivity index (χ0n) is 9.66. The Hall–Kier alpha value is -1.02. The van der Waals surface area contributed by atoms with Crippen LogP contribution in [0.2, 0.25) is 0 Å². The number of aromatic hydroxyl groups is 1. The molecule has 3 N–H and O–H groups in total. The summed E-state index contributed by atoms with van der Waals surface area (Å²) in [6.45, 7) is 4.09. The maximum atomic E-state index is 9.40. The van der Waals surface area contributed by atoms with Crippen LogP contribution in [0.1, 0.15) is 49.8 Å². The molecule has 1 rings (SSSR count). The predicted octanol–water partition coefficient (Wildman–Crippen LogP) is 3.28. The Morgan fingerprint density at radius 1 is 1.33 bits per heavy atom. The number of phenols is 1. The largest absolute Gasteiger partial charge is 0.508 e. The van der Waals surface area contributed by atoms with E-state index < -0.39 is 0 Å². The molecule has 0 aliphatic rings. The quantitative estimate of drug-likeness (QED) is 0.728. The molecule has 2 heteroatoms. The van der Waals surface area contributed by atoms with Gasteiger partial charge in [-0.1, -0.05) is 38.3 Å². The fourth-order valence-corrected chi connectivity index (χ4v) is 1.69. The maximum absolute atomic E-state index is 9.40. The first-order chi connectivity index (χ1) is 7.15. The fraction of sp³-hybridized carbons (Fsp3) is 0.538. The van der Waals surface area contributed by atoms with E-state index in [0.717, 1.165) is 17.5 Å². The fourth-order valence-electron chi connectivity index (χ4n) is 1.69. The van der Waals surface area contributed by atoms with Crippen LogP contribution in [-0.4, -0.2) is 5.11 Å². The molecule has 0 amide bonds. The van der Waals surface area contributed by atoms with E-state index in [1.807, 2.05) is 19.1 Å². The molecule has 0 heterocycles. The Morgan fingerprint density at radius 2 is 2.07 bits per heavy atom. The van der Waals surface area contributed by atoms with Crippen LogP contribution in [0.15, 0.2) is 18.2 Å². The minimum atomic E-state index is 0.107. The molecule has 0 spiro atoms. The van der Waals surface area contributed by atoms with Crippen molar-refractivity contribution in [3.8, 4) is 5.75 Å². The van der Waals surface area contributed by atoms with Crippen LogP contribution in [0, 0.1) is 6.92 Å². The summed E-state index contributed by atoms with van der Waals surface area (Å²) in [4.78, 5) is 0. The van der Waals surface area contributed by atoms with Gasteiger partial charge < -0.3 is 10.8 Å². The lowest BCUT2D eigenvalue weighted by Gasteiger charge is -2.12. The van der Waals surface area contributed by atoms with Gasteiger partial charge in [0.2, 0.25) is 0 Å². The van der Waals surface area contributed by atoms with E-state index in [1.165, 1.54) is 19.3 Å². The van der Waals surface area contributed by atoms with Crippen molar-refractivity contribution < 1.29 is 5.11 Å².